The predicted molar refractivity (Wildman–Crippen MR) is 123 cm³/mol. The van der Waals surface area contributed by atoms with E-state index in [4.69, 9.17) is 0 Å². The van der Waals surface area contributed by atoms with Crippen molar-refractivity contribution >= 4 is 23.6 Å². The Morgan fingerprint density at radius 1 is 0.484 bits per heavy atom. The SMILES string of the molecule is CC(C)CCC(=O)NCCC(=O)NCCCCCNC(=O)CCNC(=O)CCC(C)C. The molecule has 0 aliphatic heterocycles. The lowest BCUT2D eigenvalue weighted by atomic mass is 10.1. The van der Waals surface area contributed by atoms with Crippen molar-refractivity contribution in [1.29, 1.82) is 0 Å². The second kappa shape index (κ2) is 18.6. The van der Waals surface area contributed by atoms with E-state index >= 15 is 0 Å². The van der Waals surface area contributed by atoms with Gasteiger partial charge in [-0.1, -0.05) is 27.7 Å². The largest absolute Gasteiger partial charge is 0.356 e. The van der Waals surface area contributed by atoms with Crippen LogP contribution in [0.4, 0.5) is 0 Å². The fourth-order valence-electron chi connectivity index (χ4n) is 2.71. The van der Waals surface area contributed by atoms with E-state index in [1.165, 1.54) is 0 Å². The Kier molecular flexibility index (Phi) is 17.4. The van der Waals surface area contributed by atoms with Crippen molar-refractivity contribution in [1.82, 2.24) is 21.3 Å². The molecule has 0 saturated heterocycles. The van der Waals surface area contributed by atoms with E-state index in [9.17, 15) is 19.2 Å². The Morgan fingerprint density at radius 3 is 1.16 bits per heavy atom. The Hall–Kier alpha value is -2.12. The number of carbonyl (C=O) groups excluding carboxylic acids is 4. The molecular weight excluding hydrogens is 396 g/mol. The van der Waals surface area contributed by atoms with Gasteiger partial charge in [0.15, 0.2) is 0 Å². The van der Waals surface area contributed by atoms with Crippen molar-refractivity contribution in [3.05, 3.63) is 0 Å². The quantitative estimate of drug-likeness (QED) is 0.245. The van der Waals surface area contributed by atoms with Crippen LogP contribution in [0.15, 0.2) is 0 Å². The van der Waals surface area contributed by atoms with Gasteiger partial charge in [0.2, 0.25) is 23.6 Å². The Morgan fingerprint density at radius 2 is 0.806 bits per heavy atom. The highest BCUT2D eigenvalue weighted by Gasteiger charge is 2.06. The zero-order valence-corrected chi connectivity index (χ0v) is 20.0. The first-order chi connectivity index (χ1) is 14.7. The summed E-state index contributed by atoms with van der Waals surface area (Å²) in [6.07, 6.45) is 5.88. The Balaban J connectivity index is 3.49. The highest BCUT2D eigenvalue weighted by molar-refractivity contribution is 5.79. The second-order valence-electron chi connectivity index (χ2n) is 8.83. The number of hydrogen-bond donors (Lipinski definition) is 4. The Bertz CT molecular complexity index is 490. The van der Waals surface area contributed by atoms with Gasteiger partial charge in [-0.15, -0.1) is 0 Å². The summed E-state index contributed by atoms with van der Waals surface area (Å²) in [6, 6.07) is 0. The van der Waals surface area contributed by atoms with Crippen molar-refractivity contribution in [2.45, 2.75) is 85.5 Å². The smallest absolute Gasteiger partial charge is 0.221 e. The van der Waals surface area contributed by atoms with Gasteiger partial charge in [0.25, 0.3) is 0 Å². The third-order valence-electron chi connectivity index (χ3n) is 4.74. The van der Waals surface area contributed by atoms with Gasteiger partial charge < -0.3 is 21.3 Å². The fraction of sp³-hybridized carbons (Fsp3) is 0.826. The summed E-state index contributed by atoms with van der Waals surface area (Å²) in [5.41, 5.74) is 0. The molecule has 0 atom stereocenters. The van der Waals surface area contributed by atoms with Crippen LogP contribution in [0.25, 0.3) is 0 Å². The number of nitrogens with one attached hydrogen (secondary N) is 4. The summed E-state index contributed by atoms with van der Waals surface area (Å²) in [5.74, 6) is 0.860. The van der Waals surface area contributed by atoms with Crippen LogP contribution in [-0.2, 0) is 19.2 Å². The lowest BCUT2D eigenvalue weighted by molar-refractivity contribution is -0.124. The third kappa shape index (κ3) is 20.9. The third-order valence-corrected chi connectivity index (χ3v) is 4.74. The molecule has 0 rings (SSSR count). The first-order valence-electron chi connectivity index (χ1n) is 11.8. The van der Waals surface area contributed by atoms with E-state index in [1.807, 2.05) is 0 Å². The zero-order valence-electron chi connectivity index (χ0n) is 20.0. The van der Waals surface area contributed by atoms with E-state index in [1.54, 1.807) is 0 Å². The van der Waals surface area contributed by atoms with Crippen LogP contribution in [0.1, 0.15) is 85.5 Å². The maximum absolute atomic E-state index is 11.7. The van der Waals surface area contributed by atoms with Gasteiger partial charge in [0.1, 0.15) is 0 Å². The molecule has 0 aromatic rings. The summed E-state index contributed by atoms with van der Waals surface area (Å²) in [5, 5.41) is 11.2. The lowest BCUT2D eigenvalue weighted by Gasteiger charge is -2.09. The number of hydrogen-bond acceptors (Lipinski definition) is 4. The van der Waals surface area contributed by atoms with E-state index in [2.05, 4.69) is 49.0 Å². The van der Waals surface area contributed by atoms with Crippen LogP contribution in [-0.4, -0.2) is 49.8 Å². The van der Waals surface area contributed by atoms with Crippen LogP contribution in [0.5, 0.6) is 0 Å². The van der Waals surface area contributed by atoms with Crippen molar-refractivity contribution in [3.63, 3.8) is 0 Å². The molecule has 180 valence electrons. The molecule has 4 amide bonds. The molecule has 0 bridgehead atoms. The van der Waals surface area contributed by atoms with Gasteiger partial charge in [0.05, 0.1) is 0 Å². The van der Waals surface area contributed by atoms with Gasteiger partial charge in [-0.25, -0.2) is 0 Å². The summed E-state index contributed by atoms with van der Waals surface area (Å²) in [7, 11) is 0. The average Bonchev–Trinajstić information content (AvgIpc) is 2.70. The van der Waals surface area contributed by atoms with Crippen molar-refractivity contribution in [2.24, 2.45) is 11.8 Å². The molecule has 0 unspecified atom stereocenters. The first kappa shape index (κ1) is 28.9. The molecule has 0 aromatic heterocycles. The summed E-state index contributed by atoms with van der Waals surface area (Å²) < 4.78 is 0. The molecule has 8 heteroatoms. The minimum Gasteiger partial charge on any atom is -0.356 e. The molecule has 0 aliphatic rings. The first-order valence-corrected chi connectivity index (χ1v) is 11.8. The van der Waals surface area contributed by atoms with Crippen molar-refractivity contribution in [3.8, 4) is 0 Å². The summed E-state index contributed by atoms with van der Waals surface area (Å²) in [4.78, 5) is 46.7. The zero-order chi connectivity index (χ0) is 23.5. The minimum atomic E-state index is -0.0621. The highest BCUT2D eigenvalue weighted by Crippen LogP contribution is 2.03. The maximum atomic E-state index is 11.7. The molecule has 0 spiro atoms. The van der Waals surface area contributed by atoms with E-state index in [0.717, 1.165) is 32.1 Å². The van der Waals surface area contributed by atoms with Crippen LogP contribution in [0.2, 0.25) is 0 Å². The Labute approximate surface area is 188 Å². The molecule has 0 radical (unpaired) electrons. The van der Waals surface area contributed by atoms with Gasteiger partial charge in [-0.05, 0) is 43.9 Å². The summed E-state index contributed by atoms with van der Waals surface area (Å²) in [6.45, 7) is 10.2. The standard InChI is InChI=1S/C23H44N4O4/c1-18(2)8-10-20(28)26-16-12-22(30)24-14-6-5-7-15-25-23(31)13-17-27-21(29)11-9-19(3)4/h18-19H,5-17H2,1-4H3,(H,24,30)(H,25,31)(H,26,28)(H,27,29). The number of carbonyl (C=O) groups is 4. The minimum absolute atomic E-state index is 0.00273. The molecule has 31 heavy (non-hydrogen) atoms. The lowest BCUT2D eigenvalue weighted by Crippen LogP contribution is -2.31. The average molecular weight is 441 g/mol. The maximum Gasteiger partial charge on any atom is 0.221 e. The van der Waals surface area contributed by atoms with E-state index in [0.29, 0.717) is 50.9 Å². The molecule has 0 aliphatic carbocycles. The van der Waals surface area contributed by atoms with Crippen LogP contribution < -0.4 is 21.3 Å². The predicted octanol–water partition coefficient (Wildman–Crippen LogP) is 2.27. The molecule has 0 aromatic carbocycles. The van der Waals surface area contributed by atoms with Crippen LogP contribution in [0.3, 0.4) is 0 Å². The van der Waals surface area contributed by atoms with Crippen molar-refractivity contribution in [2.75, 3.05) is 26.2 Å². The monoisotopic (exact) mass is 440 g/mol. The normalized spacial score (nSPS) is 10.8. The summed E-state index contributed by atoms with van der Waals surface area (Å²) >= 11 is 0. The van der Waals surface area contributed by atoms with Crippen molar-refractivity contribution < 1.29 is 19.2 Å². The topological polar surface area (TPSA) is 116 Å². The molecule has 8 nitrogen and oxygen atoms in total. The van der Waals surface area contributed by atoms with E-state index in [-0.39, 0.29) is 36.5 Å². The van der Waals surface area contributed by atoms with Gasteiger partial charge >= 0.3 is 0 Å². The van der Waals surface area contributed by atoms with Gasteiger partial charge in [-0.3, -0.25) is 19.2 Å². The van der Waals surface area contributed by atoms with Crippen LogP contribution in [0, 0.1) is 11.8 Å². The second-order valence-corrected chi connectivity index (χ2v) is 8.83. The number of rotatable bonds is 18. The molecule has 0 heterocycles. The number of unbranched alkanes of at least 4 members (excludes halogenated alkanes) is 2. The molecule has 4 N–H and O–H groups in total. The fourth-order valence-corrected chi connectivity index (χ4v) is 2.71. The van der Waals surface area contributed by atoms with E-state index < -0.39 is 0 Å². The molecular formula is C23H44N4O4. The molecule has 0 saturated carbocycles. The van der Waals surface area contributed by atoms with Crippen LogP contribution >= 0.6 is 0 Å². The number of amides is 4. The van der Waals surface area contributed by atoms with Gasteiger partial charge in [0, 0.05) is 51.9 Å². The van der Waals surface area contributed by atoms with Gasteiger partial charge in [-0.2, -0.15) is 0 Å². The highest BCUT2D eigenvalue weighted by atomic mass is 16.2. The molecule has 0 fully saturated rings.